The fourth-order valence-corrected chi connectivity index (χ4v) is 1.81. The normalized spacial score (nSPS) is 19.2. The van der Waals surface area contributed by atoms with Gasteiger partial charge in [-0.2, -0.15) is 0 Å². The smallest absolute Gasteiger partial charge is 0.230 e. The standard InChI is InChI=1S/C12H13NO3/c1-8(14)11-7-12(15)13(11)9-3-5-10(16-2)6-4-9/h3-6,11H,7H2,1-2H3/t11-/m0/s1. The van der Waals surface area contributed by atoms with Gasteiger partial charge in [-0.1, -0.05) is 0 Å². The molecule has 1 fully saturated rings. The molecule has 1 amide bonds. The second-order valence-electron chi connectivity index (χ2n) is 3.79. The summed E-state index contributed by atoms with van der Waals surface area (Å²) < 4.78 is 5.03. The molecule has 1 aliphatic heterocycles. The van der Waals surface area contributed by atoms with Gasteiger partial charge in [0.1, 0.15) is 11.8 Å². The van der Waals surface area contributed by atoms with Gasteiger partial charge in [0.2, 0.25) is 5.91 Å². The highest BCUT2D eigenvalue weighted by atomic mass is 16.5. The van der Waals surface area contributed by atoms with Crippen LogP contribution in [0.2, 0.25) is 0 Å². The lowest BCUT2D eigenvalue weighted by atomic mass is 9.97. The van der Waals surface area contributed by atoms with E-state index in [0.717, 1.165) is 11.4 Å². The molecule has 0 unspecified atom stereocenters. The molecule has 1 heterocycles. The molecular weight excluding hydrogens is 206 g/mol. The number of rotatable bonds is 3. The summed E-state index contributed by atoms with van der Waals surface area (Å²) in [6.45, 7) is 1.51. The monoisotopic (exact) mass is 219 g/mol. The van der Waals surface area contributed by atoms with Crippen molar-refractivity contribution in [2.75, 3.05) is 12.0 Å². The Morgan fingerprint density at radius 1 is 1.38 bits per heavy atom. The number of β-lactam (4-membered cyclic amide) rings is 1. The molecule has 1 saturated heterocycles. The van der Waals surface area contributed by atoms with Crippen molar-refractivity contribution >= 4 is 17.4 Å². The van der Waals surface area contributed by atoms with E-state index >= 15 is 0 Å². The van der Waals surface area contributed by atoms with Gasteiger partial charge in [0.15, 0.2) is 5.78 Å². The van der Waals surface area contributed by atoms with Gasteiger partial charge in [0.05, 0.1) is 13.5 Å². The third kappa shape index (κ3) is 1.66. The van der Waals surface area contributed by atoms with Crippen LogP contribution in [0.4, 0.5) is 5.69 Å². The van der Waals surface area contributed by atoms with Crippen LogP contribution in [0.15, 0.2) is 24.3 Å². The van der Waals surface area contributed by atoms with Crippen molar-refractivity contribution < 1.29 is 14.3 Å². The molecule has 1 atom stereocenters. The minimum atomic E-state index is -0.291. The number of ketones is 1. The average molecular weight is 219 g/mol. The second-order valence-corrected chi connectivity index (χ2v) is 3.79. The molecule has 0 bridgehead atoms. The SMILES string of the molecule is COc1ccc(N2C(=O)C[C@H]2C(C)=O)cc1. The maximum Gasteiger partial charge on any atom is 0.230 e. The zero-order valence-corrected chi connectivity index (χ0v) is 9.27. The molecule has 2 rings (SSSR count). The predicted molar refractivity (Wildman–Crippen MR) is 59.6 cm³/mol. The fraction of sp³-hybridized carbons (Fsp3) is 0.333. The summed E-state index contributed by atoms with van der Waals surface area (Å²) in [6, 6.07) is 6.83. The molecule has 84 valence electrons. The molecule has 0 N–H and O–H groups in total. The number of carbonyl (C=O) groups excluding carboxylic acids is 2. The number of Topliss-reactive ketones (excluding diaryl/α,β-unsaturated/α-hetero) is 1. The van der Waals surface area contributed by atoms with Crippen LogP contribution in [0.25, 0.3) is 0 Å². The summed E-state index contributed by atoms with van der Waals surface area (Å²) in [5, 5.41) is 0. The first-order chi connectivity index (χ1) is 7.63. The third-order valence-corrected chi connectivity index (χ3v) is 2.77. The summed E-state index contributed by atoms with van der Waals surface area (Å²) in [7, 11) is 1.59. The summed E-state index contributed by atoms with van der Waals surface area (Å²) in [4.78, 5) is 24.2. The average Bonchev–Trinajstić information content (AvgIpc) is 2.26. The van der Waals surface area contributed by atoms with Crippen molar-refractivity contribution in [3.8, 4) is 5.75 Å². The first-order valence-corrected chi connectivity index (χ1v) is 5.10. The number of anilines is 1. The van der Waals surface area contributed by atoms with Crippen LogP contribution in [0.1, 0.15) is 13.3 Å². The summed E-state index contributed by atoms with van der Waals surface area (Å²) in [5.74, 6) is 0.747. The van der Waals surface area contributed by atoms with Crippen molar-refractivity contribution in [2.45, 2.75) is 19.4 Å². The molecule has 1 aromatic rings. The van der Waals surface area contributed by atoms with E-state index in [2.05, 4.69) is 0 Å². The van der Waals surface area contributed by atoms with Gasteiger partial charge < -0.3 is 9.64 Å². The van der Waals surface area contributed by atoms with Gasteiger partial charge in [-0.15, -0.1) is 0 Å². The number of hydrogen-bond donors (Lipinski definition) is 0. The molecule has 16 heavy (non-hydrogen) atoms. The van der Waals surface area contributed by atoms with Crippen LogP contribution < -0.4 is 9.64 Å². The van der Waals surface area contributed by atoms with Gasteiger partial charge >= 0.3 is 0 Å². The molecule has 0 aliphatic carbocycles. The number of hydrogen-bond acceptors (Lipinski definition) is 3. The minimum absolute atomic E-state index is 0.00892. The largest absolute Gasteiger partial charge is 0.497 e. The highest BCUT2D eigenvalue weighted by Gasteiger charge is 2.40. The molecular formula is C12H13NO3. The molecule has 4 heteroatoms. The number of ether oxygens (including phenoxy) is 1. The van der Waals surface area contributed by atoms with Crippen LogP contribution in [0, 0.1) is 0 Å². The number of carbonyl (C=O) groups is 2. The van der Waals surface area contributed by atoms with Crippen molar-refractivity contribution in [3.05, 3.63) is 24.3 Å². The Labute approximate surface area is 93.8 Å². The number of amides is 1. The van der Waals surface area contributed by atoms with Gasteiger partial charge in [-0.3, -0.25) is 9.59 Å². The lowest BCUT2D eigenvalue weighted by Crippen LogP contribution is -2.56. The van der Waals surface area contributed by atoms with E-state index < -0.39 is 0 Å². The van der Waals surface area contributed by atoms with Gasteiger partial charge in [-0.25, -0.2) is 0 Å². The van der Waals surface area contributed by atoms with Crippen molar-refractivity contribution in [3.63, 3.8) is 0 Å². The van der Waals surface area contributed by atoms with Crippen LogP contribution in [0.3, 0.4) is 0 Å². The molecule has 0 aromatic heterocycles. The van der Waals surface area contributed by atoms with Crippen LogP contribution >= 0.6 is 0 Å². The highest BCUT2D eigenvalue weighted by Crippen LogP contribution is 2.29. The Bertz CT molecular complexity index is 424. The second kappa shape index (κ2) is 3.96. The van der Waals surface area contributed by atoms with E-state index in [1.165, 1.54) is 11.8 Å². The Hall–Kier alpha value is -1.84. The molecule has 1 aromatic carbocycles. The van der Waals surface area contributed by atoms with E-state index in [0.29, 0.717) is 6.42 Å². The Morgan fingerprint density at radius 2 is 2.00 bits per heavy atom. The van der Waals surface area contributed by atoms with Gasteiger partial charge in [0, 0.05) is 5.69 Å². The summed E-state index contributed by atoms with van der Waals surface area (Å²) >= 11 is 0. The molecule has 1 aliphatic rings. The number of methoxy groups -OCH3 is 1. The molecule has 0 spiro atoms. The lowest BCUT2D eigenvalue weighted by Gasteiger charge is -2.38. The third-order valence-electron chi connectivity index (χ3n) is 2.77. The van der Waals surface area contributed by atoms with Crippen LogP contribution in [-0.2, 0) is 9.59 Å². The van der Waals surface area contributed by atoms with Crippen LogP contribution in [-0.4, -0.2) is 24.8 Å². The van der Waals surface area contributed by atoms with Crippen molar-refractivity contribution in [1.29, 1.82) is 0 Å². The number of benzene rings is 1. The van der Waals surface area contributed by atoms with Gasteiger partial charge in [-0.05, 0) is 31.2 Å². The predicted octanol–water partition coefficient (Wildman–Crippen LogP) is 1.39. The van der Waals surface area contributed by atoms with E-state index in [1.54, 1.807) is 31.4 Å². The van der Waals surface area contributed by atoms with Crippen molar-refractivity contribution in [2.24, 2.45) is 0 Å². The maximum atomic E-state index is 11.4. The quantitative estimate of drug-likeness (QED) is 0.722. The summed E-state index contributed by atoms with van der Waals surface area (Å²) in [6.07, 6.45) is 0.321. The topological polar surface area (TPSA) is 46.6 Å². The van der Waals surface area contributed by atoms with Gasteiger partial charge in [0.25, 0.3) is 0 Å². The zero-order valence-electron chi connectivity index (χ0n) is 9.27. The van der Waals surface area contributed by atoms with E-state index in [-0.39, 0.29) is 17.7 Å². The van der Waals surface area contributed by atoms with Crippen molar-refractivity contribution in [1.82, 2.24) is 0 Å². The Kier molecular flexibility index (Phi) is 2.64. The lowest BCUT2D eigenvalue weighted by molar-refractivity contribution is -0.131. The maximum absolute atomic E-state index is 11.4. The first-order valence-electron chi connectivity index (χ1n) is 5.10. The number of nitrogens with zero attached hydrogens (tertiary/aromatic N) is 1. The van der Waals surface area contributed by atoms with E-state index in [4.69, 9.17) is 4.74 Å². The molecule has 0 saturated carbocycles. The first kappa shape index (κ1) is 10.7. The summed E-state index contributed by atoms with van der Waals surface area (Å²) in [5.41, 5.74) is 0.747. The zero-order chi connectivity index (χ0) is 11.7. The minimum Gasteiger partial charge on any atom is -0.497 e. The highest BCUT2D eigenvalue weighted by molar-refractivity contribution is 6.10. The van der Waals surface area contributed by atoms with E-state index in [9.17, 15) is 9.59 Å². The Morgan fingerprint density at radius 3 is 2.44 bits per heavy atom. The van der Waals surface area contributed by atoms with E-state index in [1.807, 2.05) is 0 Å². The molecule has 4 nitrogen and oxygen atoms in total. The molecule has 0 radical (unpaired) electrons. The Balaban J connectivity index is 2.22. The van der Waals surface area contributed by atoms with Crippen LogP contribution in [0.5, 0.6) is 5.75 Å². The fourth-order valence-electron chi connectivity index (χ4n) is 1.81.